The van der Waals surface area contributed by atoms with Crippen LogP contribution in [-0.4, -0.2) is 67.9 Å². The third kappa shape index (κ3) is 5.04. The van der Waals surface area contributed by atoms with Crippen molar-refractivity contribution in [2.75, 3.05) is 44.6 Å². The van der Waals surface area contributed by atoms with Crippen LogP contribution in [0.15, 0.2) is 77.7 Å². The molecular weight excluding hydrogens is 474 g/mol. The van der Waals surface area contributed by atoms with E-state index in [-0.39, 0.29) is 6.03 Å². The molecule has 0 bridgehead atoms. The van der Waals surface area contributed by atoms with Crippen LogP contribution < -0.4 is 10.6 Å². The van der Waals surface area contributed by atoms with Gasteiger partial charge < -0.3 is 10.6 Å². The van der Waals surface area contributed by atoms with E-state index in [2.05, 4.69) is 20.5 Å². The van der Waals surface area contributed by atoms with E-state index in [1.165, 1.54) is 0 Å². The molecule has 1 aromatic heterocycles. The maximum atomic E-state index is 13.3. The molecule has 2 amide bonds. The van der Waals surface area contributed by atoms with E-state index in [1.807, 2.05) is 67.6 Å². The summed E-state index contributed by atoms with van der Waals surface area (Å²) in [7, 11) is -3.58. The van der Waals surface area contributed by atoms with E-state index < -0.39 is 10.0 Å². The highest BCUT2D eigenvalue weighted by Gasteiger charge is 2.29. The third-order valence-electron chi connectivity index (χ3n) is 6.50. The summed E-state index contributed by atoms with van der Waals surface area (Å²) in [5, 5.41) is 8.38. The number of urea groups is 1. The SMILES string of the molecule is Cc1cc(NC(=O)NCCN2CCN(S(=O)(=O)c3cccc4ccccc34)CC2)c2ccccc2n1. The average molecular weight is 504 g/mol. The molecule has 0 aliphatic carbocycles. The van der Waals surface area contributed by atoms with E-state index in [4.69, 9.17) is 0 Å². The standard InChI is InChI=1S/C27H29N5O3S/c1-20-19-25(23-10-4-5-11-24(23)29-20)30-27(33)28-13-14-31-15-17-32(18-16-31)36(34,35)26-12-6-8-21-7-2-3-9-22(21)26/h2-12,19H,13-18H2,1H3,(H2,28,29,30,33). The predicted molar refractivity (Wildman–Crippen MR) is 143 cm³/mol. The zero-order valence-corrected chi connectivity index (χ0v) is 21.0. The first-order chi connectivity index (χ1) is 17.4. The predicted octanol–water partition coefficient (Wildman–Crippen LogP) is 3.82. The highest BCUT2D eigenvalue weighted by Crippen LogP contribution is 2.26. The number of piperazine rings is 1. The number of carbonyl (C=O) groups is 1. The Bertz CT molecular complexity index is 1510. The van der Waals surface area contributed by atoms with Crippen molar-refractivity contribution in [1.29, 1.82) is 0 Å². The molecule has 8 nitrogen and oxygen atoms in total. The fraction of sp³-hybridized carbons (Fsp3) is 0.259. The number of rotatable bonds is 6. The molecule has 2 N–H and O–H groups in total. The lowest BCUT2D eigenvalue weighted by molar-refractivity contribution is 0.189. The molecule has 0 saturated carbocycles. The molecule has 5 rings (SSSR count). The van der Waals surface area contributed by atoms with Crippen molar-refractivity contribution in [1.82, 2.24) is 19.5 Å². The lowest BCUT2D eigenvalue weighted by Crippen LogP contribution is -2.50. The van der Waals surface area contributed by atoms with Crippen LogP contribution in [0.4, 0.5) is 10.5 Å². The van der Waals surface area contributed by atoms with Crippen LogP contribution in [0.3, 0.4) is 0 Å². The number of sulfonamides is 1. The zero-order valence-electron chi connectivity index (χ0n) is 20.1. The lowest BCUT2D eigenvalue weighted by Gasteiger charge is -2.34. The topological polar surface area (TPSA) is 94.6 Å². The van der Waals surface area contributed by atoms with Crippen LogP contribution in [0.1, 0.15) is 5.69 Å². The average Bonchev–Trinajstić information content (AvgIpc) is 2.88. The first-order valence-electron chi connectivity index (χ1n) is 12.0. The summed E-state index contributed by atoms with van der Waals surface area (Å²) in [6.45, 7) is 5.06. The minimum atomic E-state index is -3.58. The smallest absolute Gasteiger partial charge is 0.319 e. The highest BCUT2D eigenvalue weighted by molar-refractivity contribution is 7.89. The molecule has 1 aliphatic heterocycles. The summed E-state index contributed by atoms with van der Waals surface area (Å²) >= 11 is 0. The van der Waals surface area contributed by atoms with E-state index in [9.17, 15) is 13.2 Å². The van der Waals surface area contributed by atoms with Crippen LogP contribution in [0.2, 0.25) is 0 Å². The number of para-hydroxylation sites is 1. The number of aromatic nitrogens is 1. The largest absolute Gasteiger partial charge is 0.337 e. The van der Waals surface area contributed by atoms with Gasteiger partial charge in [0.1, 0.15) is 0 Å². The summed E-state index contributed by atoms with van der Waals surface area (Å²) < 4.78 is 28.2. The summed E-state index contributed by atoms with van der Waals surface area (Å²) in [4.78, 5) is 19.5. The Kier molecular flexibility index (Phi) is 6.86. The molecule has 0 atom stereocenters. The maximum absolute atomic E-state index is 13.3. The van der Waals surface area contributed by atoms with Gasteiger partial charge in [0, 0.05) is 55.7 Å². The zero-order chi connectivity index (χ0) is 25.1. The molecule has 36 heavy (non-hydrogen) atoms. The lowest BCUT2D eigenvalue weighted by atomic mass is 10.1. The summed E-state index contributed by atoms with van der Waals surface area (Å²) in [5.41, 5.74) is 2.40. The Morgan fingerprint density at radius 2 is 1.61 bits per heavy atom. The molecule has 2 heterocycles. The molecule has 1 aliphatic rings. The number of nitrogens with one attached hydrogen (secondary N) is 2. The Balaban J connectivity index is 1.14. The summed E-state index contributed by atoms with van der Waals surface area (Å²) in [6, 6.07) is 22.2. The number of aryl methyl sites for hydroxylation is 1. The first-order valence-corrected chi connectivity index (χ1v) is 13.5. The van der Waals surface area contributed by atoms with Gasteiger partial charge in [-0.05, 0) is 30.5 Å². The van der Waals surface area contributed by atoms with Crippen LogP contribution in [0.5, 0.6) is 0 Å². The van der Waals surface area contributed by atoms with Crippen molar-refractivity contribution in [3.05, 3.63) is 78.5 Å². The van der Waals surface area contributed by atoms with Gasteiger partial charge in [-0.2, -0.15) is 4.31 Å². The second-order valence-corrected chi connectivity index (χ2v) is 10.8. The van der Waals surface area contributed by atoms with Gasteiger partial charge in [0.2, 0.25) is 10.0 Å². The molecule has 0 radical (unpaired) electrons. The minimum Gasteiger partial charge on any atom is -0.337 e. The molecule has 1 fully saturated rings. The fourth-order valence-corrected chi connectivity index (χ4v) is 6.29. The van der Waals surface area contributed by atoms with Crippen LogP contribution >= 0.6 is 0 Å². The monoisotopic (exact) mass is 503 g/mol. The quantitative estimate of drug-likeness (QED) is 0.417. The fourth-order valence-electron chi connectivity index (χ4n) is 4.66. The normalized spacial score (nSPS) is 15.2. The van der Waals surface area contributed by atoms with Gasteiger partial charge in [-0.3, -0.25) is 9.88 Å². The number of fused-ring (bicyclic) bond motifs is 2. The Labute approximate surface area is 211 Å². The van der Waals surface area contributed by atoms with Gasteiger partial charge in [-0.15, -0.1) is 0 Å². The maximum Gasteiger partial charge on any atom is 0.319 e. The molecule has 1 saturated heterocycles. The number of carbonyl (C=O) groups excluding carboxylic acids is 1. The number of anilines is 1. The van der Waals surface area contributed by atoms with Gasteiger partial charge >= 0.3 is 6.03 Å². The van der Waals surface area contributed by atoms with Gasteiger partial charge in [0.25, 0.3) is 0 Å². The third-order valence-corrected chi connectivity index (χ3v) is 8.46. The number of benzene rings is 3. The number of hydrogen-bond acceptors (Lipinski definition) is 5. The van der Waals surface area contributed by atoms with Gasteiger partial charge in [0.15, 0.2) is 0 Å². The molecule has 9 heteroatoms. The number of hydrogen-bond donors (Lipinski definition) is 2. The molecule has 4 aromatic rings. The minimum absolute atomic E-state index is 0.275. The Morgan fingerprint density at radius 1 is 0.917 bits per heavy atom. The van der Waals surface area contributed by atoms with E-state index in [1.54, 1.807) is 16.4 Å². The van der Waals surface area contributed by atoms with Crippen molar-refractivity contribution >= 4 is 43.4 Å². The van der Waals surface area contributed by atoms with Gasteiger partial charge in [0.05, 0.1) is 16.1 Å². The van der Waals surface area contributed by atoms with Crippen molar-refractivity contribution in [3.8, 4) is 0 Å². The van der Waals surface area contributed by atoms with Crippen molar-refractivity contribution in [2.45, 2.75) is 11.8 Å². The van der Waals surface area contributed by atoms with Crippen LogP contribution in [0, 0.1) is 6.92 Å². The Morgan fingerprint density at radius 3 is 2.42 bits per heavy atom. The first kappa shape index (κ1) is 24.2. The number of pyridine rings is 1. The second kappa shape index (κ2) is 10.2. The summed E-state index contributed by atoms with van der Waals surface area (Å²) in [6.07, 6.45) is 0. The van der Waals surface area contributed by atoms with E-state index in [0.717, 1.165) is 33.1 Å². The highest BCUT2D eigenvalue weighted by atomic mass is 32.2. The Hall–Kier alpha value is -3.53. The summed E-state index contributed by atoms with van der Waals surface area (Å²) in [5.74, 6) is 0. The van der Waals surface area contributed by atoms with Crippen molar-refractivity contribution in [2.24, 2.45) is 0 Å². The van der Waals surface area contributed by atoms with Gasteiger partial charge in [-0.1, -0.05) is 54.6 Å². The van der Waals surface area contributed by atoms with E-state index in [0.29, 0.717) is 44.2 Å². The molecular formula is C27H29N5O3S. The molecule has 0 spiro atoms. The number of amides is 2. The molecule has 0 unspecified atom stereocenters. The van der Waals surface area contributed by atoms with Crippen molar-refractivity contribution in [3.63, 3.8) is 0 Å². The molecule has 3 aromatic carbocycles. The molecule has 186 valence electrons. The second-order valence-electron chi connectivity index (χ2n) is 8.93. The van der Waals surface area contributed by atoms with E-state index >= 15 is 0 Å². The number of nitrogens with zero attached hydrogens (tertiary/aromatic N) is 3. The van der Waals surface area contributed by atoms with Crippen LogP contribution in [0.25, 0.3) is 21.7 Å². The van der Waals surface area contributed by atoms with Gasteiger partial charge in [-0.25, -0.2) is 13.2 Å². The van der Waals surface area contributed by atoms with Crippen molar-refractivity contribution < 1.29 is 13.2 Å². The van der Waals surface area contributed by atoms with Crippen LogP contribution in [-0.2, 0) is 10.0 Å².